The zero-order valence-corrected chi connectivity index (χ0v) is 11.8. The summed E-state index contributed by atoms with van der Waals surface area (Å²) in [4.78, 5) is 0.189. The molecule has 0 saturated carbocycles. The Morgan fingerprint density at radius 3 is 2.58 bits per heavy atom. The van der Waals surface area contributed by atoms with Crippen LogP contribution in [-0.2, 0) is 17.1 Å². The number of hydrogen-bond donors (Lipinski definition) is 2. The summed E-state index contributed by atoms with van der Waals surface area (Å²) in [5, 5.41) is 3.92. The number of nitrogens with one attached hydrogen (secondary N) is 1. The molecule has 102 valence electrons. The molecule has 2 rings (SSSR count). The number of sulfonamides is 1. The molecule has 2 aromatic rings. The molecule has 0 aliphatic rings. The lowest BCUT2D eigenvalue weighted by Crippen LogP contribution is -2.15. The highest BCUT2D eigenvalue weighted by Crippen LogP contribution is 2.24. The Morgan fingerprint density at radius 1 is 1.32 bits per heavy atom. The van der Waals surface area contributed by atoms with Gasteiger partial charge < -0.3 is 5.73 Å². The molecule has 0 spiro atoms. The number of aryl methyl sites for hydroxylation is 2. The number of aromatic nitrogens is 2. The van der Waals surface area contributed by atoms with Crippen molar-refractivity contribution in [3.63, 3.8) is 0 Å². The predicted molar refractivity (Wildman–Crippen MR) is 74.3 cm³/mol. The molecular weight excluding hydrogens is 264 g/mol. The Hall–Kier alpha value is -2.02. The summed E-state index contributed by atoms with van der Waals surface area (Å²) in [6, 6.07) is 3.35. The van der Waals surface area contributed by atoms with Crippen LogP contribution in [0.15, 0.2) is 29.4 Å². The van der Waals surface area contributed by atoms with Gasteiger partial charge in [-0.25, -0.2) is 8.42 Å². The number of rotatable bonds is 3. The van der Waals surface area contributed by atoms with E-state index >= 15 is 0 Å². The number of nitrogens with zero attached hydrogens (tertiary/aromatic N) is 2. The molecule has 7 heteroatoms. The van der Waals surface area contributed by atoms with Crippen molar-refractivity contribution in [1.29, 1.82) is 0 Å². The minimum absolute atomic E-state index is 0.189. The molecule has 0 amide bonds. The maximum Gasteiger partial charge on any atom is 0.262 e. The van der Waals surface area contributed by atoms with Crippen LogP contribution in [0.2, 0.25) is 0 Å². The van der Waals surface area contributed by atoms with Gasteiger partial charge in [0, 0.05) is 18.9 Å². The second kappa shape index (κ2) is 4.58. The first kappa shape index (κ1) is 13.4. The van der Waals surface area contributed by atoms with E-state index in [-0.39, 0.29) is 4.90 Å². The number of benzene rings is 1. The van der Waals surface area contributed by atoms with Gasteiger partial charge in [0.25, 0.3) is 10.0 Å². The van der Waals surface area contributed by atoms with Crippen molar-refractivity contribution in [3.8, 4) is 0 Å². The molecule has 0 aliphatic heterocycles. The third-order valence-corrected chi connectivity index (χ3v) is 4.30. The van der Waals surface area contributed by atoms with E-state index in [1.165, 1.54) is 10.9 Å². The number of anilines is 2. The van der Waals surface area contributed by atoms with Gasteiger partial charge >= 0.3 is 0 Å². The molecule has 0 radical (unpaired) electrons. The Morgan fingerprint density at radius 2 is 2.00 bits per heavy atom. The monoisotopic (exact) mass is 280 g/mol. The minimum atomic E-state index is -3.66. The molecule has 1 aromatic carbocycles. The second-order valence-electron chi connectivity index (χ2n) is 4.49. The Bertz CT molecular complexity index is 719. The van der Waals surface area contributed by atoms with E-state index in [0.29, 0.717) is 16.9 Å². The van der Waals surface area contributed by atoms with Gasteiger partial charge in [-0.3, -0.25) is 9.40 Å². The van der Waals surface area contributed by atoms with Crippen LogP contribution in [0.4, 0.5) is 11.4 Å². The molecular formula is C12H16N4O2S. The molecule has 1 heterocycles. The molecule has 0 unspecified atom stereocenters. The summed E-state index contributed by atoms with van der Waals surface area (Å²) in [5.74, 6) is 0. The third kappa shape index (κ3) is 2.70. The van der Waals surface area contributed by atoms with Crippen LogP contribution < -0.4 is 10.5 Å². The van der Waals surface area contributed by atoms with E-state index in [1.807, 2.05) is 0 Å². The summed E-state index contributed by atoms with van der Waals surface area (Å²) >= 11 is 0. The molecule has 0 aliphatic carbocycles. The summed E-state index contributed by atoms with van der Waals surface area (Å²) in [7, 11) is -1.94. The smallest absolute Gasteiger partial charge is 0.262 e. The van der Waals surface area contributed by atoms with Crippen LogP contribution in [-0.4, -0.2) is 18.2 Å². The fourth-order valence-corrected chi connectivity index (χ4v) is 3.20. The summed E-state index contributed by atoms with van der Waals surface area (Å²) in [6.07, 6.45) is 3.04. The van der Waals surface area contributed by atoms with Gasteiger partial charge in [0.2, 0.25) is 0 Å². The van der Waals surface area contributed by atoms with E-state index in [2.05, 4.69) is 9.82 Å². The Labute approximate surface area is 112 Å². The van der Waals surface area contributed by atoms with Crippen LogP contribution in [0.3, 0.4) is 0 Å². The molecule has 6 nitrogen and oxygen atoms in total. The largest absolute Gasteiger partial charge is 0.398 e. The first-order valence-corrected chi connectivity index (χ1v) is 7.16. The van der Waals surface area contributed by atoms with E-state index in [4.69, 9.17) is 5.73 Å². The lowest BCUT2D eigenvalue weighted by atomic mass is 10.1. The highest BCUT2D eigenvalue weighted by molar-refractivity contribution is 7.92. The van der Waals surface area contributed by atoms with E-state index < -0.39 is 10.0 Å². The molecule has 19 heavy (non-hydrogen) atoms. The average Bonchev–Trinajstić information content (AvgIpc) is 2.68. The van der Waals surface area contributed by atoms with Gasteiger partial charge in [0.1, 0.15) is 0 Å². The first-order chi connectivity index (χ1) is 8.79. The van der Waals surface area contributed by atoms with Crippen LogP contribution >= 0.6 is 0 Å². The highest BCUT2D eigenvalue weighted by Gasteiger charge is 2.19. The standard InChI is InChI=1S/C12H16N4O2S/c1-8-4-11(13)9(2)12(5-8)19(17,18)15-10-6-14-16(3)7-10/h4-7,15H,13H2,1-3H3. The highest BCUT2D eigenvalue weighted by atomic mass is 32.2. The fraction of sp³-hybridized carbons (Fsp3) is 0.250. The molecule has 0 bridgehead atoms. The SMILES string of the molecule is Cc1cc(N)c(C)c(S(=O)(=O)Nc2cnn(C)c2)c1. The topological polar surface area (TPSA) is 90.0 Å². The molecule has 3 N–H and O–H groups in total. The maximum absolute atomic E-state index is 12.3. The van der Waals surface area contributed by atoms with Gasteiger partial charge in [0.15, 0.2) is 0 Å². The van der Waals surface area contributed by atoms with Crippen molar-refractivity contribution in [2.45, 2.75) is 18.7 Å². The normalized spacial score (nSPS) is 11.5. The maximum atomic E-state index is 12.3. The van der Waals surface area contributed by atoms with Gasteiger partial charge in [-0.2, -0.15) is 5.10 Å². The van der Waals surface area contributed by atoms with Crippen molar-refractivity contribution < 1.29 is 8.42 Å². The third-order valence-electron chi connectivity index (χ3n) is 2.79. The van der Waals surface area contributed by atoms with Crippen LogP contribution in [0, 0.1) is 13.8 Å². The summed E-state index contributed by atoms with van der Waals surface area (Å²) < 4.78 is 28.7. The van der Waals surface area contributed by atoms with Gasteiger partial charge in [0.05, 0.1) is 16.8 Å². The number of nitrogen functional groups attached to an aromatic ring is 1. The van der Waals surface area contributed by atoms with Crippen molar-refractivity contribution in [1.82, 2.24) is 9.78 Å². The Kier molecular flexibility index (Phi) is 3.23. The van der Waals surface area contributed by atoms with Crippen LogP contribution in [0.1, 0.15) is 11.1 Å². The number of hydrogen-bond acceptors (Lipinski definition) is 4. The predicted octanol–water partition coefficient (Wildman–Crippen LogP) is 1.42. The Balaban J connectivity index is 2.45. The quantitative estimate of drug-likeness (QED) is 0.832. The van der Waals surface area contributed by atoms with Crippen LogP contribution in [0.25, 0.3) is 0 Å². The zero-order chi connectivity index (χ0) is 14.2. The number of nitrogens with two attached hydrogens (primary N) is 1. The van der Waals surface area contributed by atoms with Gasteiger partial charge in [-0.15, -0.1) is 0 Å². The molecule has 1 aromatic heterocycles. The van der Waals surface area contributed by atoms with Crippen molar-refractivity contribution in [2.24, 2.45) is 7.05 Å². The summed E-state index contributed by atoms with van der Waals surface area (Å²) in [5.41, 5.74) is 8.03. The minimum Gasteiger partial charge on any atom is -0.398 e. The lowest BCUT2D eigenvalue weighted by Gasteiger charge is -2.11. The van der Waals surface area contributed by atoms with Crippen molar-refractivity contribution >= 4 is 21.4 Å². The van der Waals surface area contributed by atoms with Crippen molar-refractivity contribution in [3.05, 3.63) is 35.7 Å². The first-order valence-electron chi connectivity index (χ1n) is 5.68. The van der Waals surface area contributed by atoms with Gasteiger partial charge in [-0.05, 0) is 37.1 Å². The van der Waals surface area contributed by atoms with Crippen molar-refractivity contribution in [2.75, 3.05) is 10.5 Å². The van der Waals surface area contributed by atoms with Crippen LogP contribution in [0.5, 0.6) is 0 Å². The average molecular weight is 280 g/mol. The van der Waals surface area contributed by atoms with E-state index in [1.54, 1.807) is 39.2 Å². The zero-order valence-electron chi connectivity index (χ0n) is 11.0. The molecule has 0 saturated heterocycles. The molecule has 0 atom stereocenters. The van der Waals surface area contributed by atoms with E-state index in [0.717, 1.165) is 5.56 Å². The lowest BCUT2D eigenvalue weighted by molar-refractivity contribution is 0.600. The molecule has 0 fully saturated rings. The van der Waals surface area contributed by atoms with Gasteiger partial charge in [-0.1, -0.05) is 0 Å². The second-order valence-corrected chi connectivity index (χ2v) is 6.14. The van der Waals surface area contributed by atoms with E-state index in [9.17, 15) is 8.42 Å². The fourth-order valence-electron chi connectivity index (χ4n) is 1.82. The summed E-state index contributed by atoms with van der Waals surface area (Å²) in [6.45, 7) is 3.49.